The fourth-order valence-electron chi connectivity index (χ4n) is 3.61. The molecule has 1 saturated carbocycles. The molecule has 4 rings (SSSR count). The van der Waals surface area contributed by atoms with Crippen molar-refractivity contribution < 1.29 is 4.74 Å². The van der Waals surface area contributed by atoms with Gasteiger partial charge in [-0.25, -0.2) is 4.98 Å². The van der Waals surface area contributed by atoms with Gasteiger partial charge in [-0.1, -0.05) is 48.6 Å². The minimum Gasteiger partial charge on any atom is -0.492 e. The highest BCUT2D eigenvalue weighted by atomic mass is 35.5. The Morgan fingerprint density at radius 2 is 1.63 bits per heavy atom. The molecule has 3 aromatic rings. The number of hydrogen-bond donors (Lipinski definition) is 1. The third-order valence-electron chi connectivity index (χ3n) is 5.29. The van der Waals surface area contributed by atoms with Crippen molar-refractivity contribution in [3.63, 3.8) is 0 Å². The van der Waals surface area contributed by atoms with Gasteiger partial charge in [0.05, 0.1) is 0 Å². The number of nitrogens with one attached hydrogen (secondary N) is 1. The zero-order valence-corrected chi connectivity index (χ0v) is 17.7. The Hall–Kier alpha value is -2.80. The molecule has 0 spiro atoms. The van der Waals surface area contributed by atoms with Crippen molar-refractivity contribution in [1.82, 2.24) is 10.3 Å². The Labute approximate surface area is 183 Å². The van der Waals surface area contributed by atoms with Gasteiger partial charge in [0.1, 0.15) is 18.1 Å². The predicted molar refractivity (Wildman–Crippen MR) is 123 cm³/mol. The topological polar surface area (TPSA) is 34.1 Å². The summed E-state index contributed by atoms with van der Waals surface area (Å²) in [5.74, 6) is 7.15. The number of rotatable bonds is 6. The fraction of sp³-hybridized carbons (Fsp3) is 0.269. The van der Waals surface area contributed by atoms with Crippen molar-refractivity contribution in [2.75, 3.05) is 13.2 Å². The smallest absolute Gasteiger partial charge is 0.119 e. The standard InChI is InChI=1S/C26H25ClN2O/c27-23-11-8-21(9-12-23)22-10-14-25(29-19-22)13-5-20-6-15-26(16-7-20)30-18-17-28-24-3-1-2-4-24/h6-12,14-16,19,24,28H,1-4,17-18H2. The highest BCUT2D eigenvalue weighted by molar-refractivity contribution is 6.30. The maximum Gasteiger partial charge on any atom is 0.119 e. The first-order valence-electron chi connectivity index (χ1n) is 10.5. The average molecular weight is 417 g/mol. The molecular weight excluding hydrogens is 392 g/mol. The summed E-state index contributed by atoms with van der Waals surface area (Å²) in [6.45, 7) is 1.58. The number of hydrogen-bond acceptors (Lipinski definition) is 3. The molecule has 1 aliphatic carbocycles. The van der Waals surface area contributed by atoms with E-state index in [9.17, 15) is 0 Å². The quantitative estimate of drug-likeness (QED) is 0.412. The normalized spacial score (nSPS) is 13.6. The summed E-state index contributed by atoms with van der Waals surface area (Å²) in [5, 5.41) is 4.29. The third kappa shape index (κ3) is 5.86. The van der Waals surface area contributed by atoms with Crippen molar-refractivity contribution in [2.45, 2.75) is 31.7 Å². The van der Waals surface area contributed by atoms with E-state index in [1.54, 1.807) is 0 Å². The van der Waals surface area contributed by atoms with Crippen LogP contribution in [0.5, 0.6) is 5.75 Å². The molecule has 1 aromatic heterocycles. The summed E-state index contributed by atoms with van der Waals surface area (Å²) in [6.07, 6.45) is 7.13. The molecule has 0 unspecified atom stereocenters. The molecule has 0 bridgehead atoms. The summed E-state index contributed by atoms with van der Waals surface area (Å²) in [5.41, 5.74) is 3.81. The van der Waals surface area contributed by atoms with Crippen LogP contribution >= 0.6 is 11.6 Å². The molecule has 1 N–H and O–H groups in total. The fourth-order valence-corrected chi connectivity index (χ4v) is 3.74. The summed E-state index contributed by atoms with van der Waals surface area (Å²) >= 11 is 5.94. The maximum atomic E-state index is 5.94. The number of ether oxygens (including phenoxy) is 1. The van der Waals surface area contributed by atoms with Gasteiger partial charge < -0.3 is 10.1 Å². The Kier molecular flexibility index (Phi) is 7.03. The lowest BCUT2D eigenvalue weighted by Crippen LogP contribution is -2.30. The molecule has 152 valence electrons. The molecule has 3 nitrogen and oxygen atoms in total. The van der Waals surface area contributed by atoms with E-state index >= 15 is 0 Å². The molecule has 0 amide bonds. The Balaban J connectivity index is 1.28. The third-order valence-corrected chi connectivity index (χ3v) is 5.54. The summed E-state index contributed by atoms with van der Waals surface area (Å²) in [6, 6.07) is 20.3. The van der Waals surface area contributed by atoms with Crippen LogP contribution in [0.25, 0.3) is 11.1 Å². The van der Waals surface area contributed by atoms with Crippen molar-refractivity contribution in [2.24, 2.45) is 0 Å². The lowest BCUT2D eigenvalue weighted by Gasteiger charge is -2.12. The van der Waals surface area contributed by atoms with Crippen molar-refractivity contribution in [3.05, 3.63) is 83.1 Å². The van der Waals surface area contributed by atoms with E-state index < -0.39 is 0 Å². The van der Waals surface area contributed by atoms with Gasteiger partial charge in [-0.2, -0.15) is 0 Å². The van der Waals surface area contributed by atoms with Gasteiger partial charge in [-0.3, -0.25) is 0 Å². The van der Waals surface area contributed by atoms with Crippen LogP contribution in [0.3, 0.4) is 0 Å². The average Bonchev–Trinajstić information content (AvgIpc) is 3.31. The maximum absolute atomic E-state index is 5.94. The van der Waals surface area contributed by atoms with Crippen molar-refractivity contribution in [3.8, 4) is 28.7 Å². The molecule has 0 aliphatic heterocycles. The van der Waals surface area contributed by atoms with Crippen molar-refractivity contribution in [1.29, 1.82) is 0 Å². The van der Waals surface area contributed by atoms with Crippen LogP contribution in [-0.4, -0.2) is 24.2 Å². The second kappa shape index (κ2) is 10.3. The van der Waals surface area contributed by atoms with Gasteiger partial charge in [0, 0.05) is 34.9 Å². The number of aromatic nitrogens is 1. The number of pyridine rings is 1. The lowest BCUT2D eigenvalue weighted by molar-refractivity contribution is 0.305. The van der Waals surface area contributed by atoms with E-state index in [-0.39, 0.29) is 0 Å². The highest BCUT2D eigenvalue weighted by Crippen LogP contribution is 2.21. The Bertz CT molecular complexity index is 996. The zero-order chi connectivity index (χ0) is 20.6. The first-order chi connectivity index (χ1) is 14.8. The highest BCUT2D eigenvalue weighted by Gasteiger charge is 2.13. The van der Waals surface area contributed by atoms with Crippen LogP contribution in [0.4, 0.5) is 0 Å². The van der Waals surface area contributed by atoms with Gasteiger partial charge in [0.15, 0.2) is 0 Å². The SMILES string of the molecule is Clc1ccc(-c2ccc(C#Cc3ccc(OCCNC4CCCC4)cc3)nc2)cc1. The van der Waals surface area contributed by atoms with Gasteiger partial charge in [-0.05, 0) is 66.8 Å². The molecule has 2 aromatic carbocycles. The van der Waals surface area contributed by atoms with Crippen LogP contribution in [0.1, 0.15) is 36.9 Å². The lowest BCUT2D eigenvalue weighted by atomic mass is 10.1. The van der Waals surface area contributed by atoms with E-state index in [2.05, 4.69) is 22.1 Å². The van der Waals surface area contributed by atoms with Gasteiger partial charge in [0.2, 0.25) is 0 Å². The largest absolute Gasteiger partial charge is 0.492 e. The summed E-state index contributed by atoms with van der Waals surface area (Å²) < 4.78 is 5.81. The predicted octanol–water partition coefficient (Wildman–Crippen LogP) is 5.71. The molecule has 1 heterocycles. The first kappa shape index (κ1) is 20.5. The zero-order valence-electron chi connectivity index (χ0n) is 16.9. The Morgan fingerprint density at radius 1 is 0.900 bits per heavy atom. The van der Waals surface area contributed by atoms with E-state index in [4.69, 9.17) is 16.3 Å². The van der Waals surface area contributed by atoms with Crippen LogP contribution in [-0.2, 0) is 0 Å². The first-order valence-corrected chi connectivity index (χ1v) is 10.8. The van der Waals surface area contributed by atoms with Crippen LogP contribution in [0.15, 0.2) is 66.9 Å². The summed E-state index contributed by atoms with van der Waals surface area (Å²) in [4.78, 5) is 4.45. The Morgan fingerprint density at radius 3 is 2.33 bits per heavy atom. The van der Waals surface area contributed by atoms with Crippen LogP contribution < -0.4 is 10.1 Å². The minimum absolute atomic E-state index is 0.681. The minimum atomic E-state index is 0.681. The van der Waals surface area contributed by atoms with E-state index in [1.807, 2.05) is 66.9 Å². The van der Waals surface area contributed by atoms with E-state index in [1.165, 1.54) is 25.7 Å². The van der Waals surface area contributed by atoms with Crippen LogP contribution in [0, 0.1) is 11.8 Å². The molecule has 0 radical (unpaired) electrons. The van der Waals surface area contributed by atoms with Gasteiger partial charge >= 0.3 is 0 Å². The molecule has 4 heteroatoms. The molecule has 1 aliphatic rings. The number of halogens is 1. The monoisotopic (exact) mass is 416 g/mol. The van der Waals surface area contributed by atoms with Crippen molar-refractivity contribution >= 4 is 11.6 Å². The molecule has 30 heavy (non-hydrogen) atoms. The second-order valence-electron chi connectivity index (χ2n) is 7.50. The van der Waals surface area contributed by atoms with E-state index in [0.29, 0.717) is 12.6 Å². The van der Waals surface area contributed by atoms with Crippen LogP contribution in [0.2, 0.25) is 5.02 Å². The van der Waals surface area contributed by atoms with Gasteiger partial charge in [-0.15, -0.1) is 0 Å². The molecular formula is C26H25ClN2O. The molecule has 0 saturated heterocycles. The number of benzene rings is 2. The summed E-state index contributed by atoms with van der Waals surface area (Å²) in [7, 11) is 0. The number of nitrogens with zero attached hydrogens (tertiary/aromatic N) is 1. The second-order valence-corrected chi connectivity index (χ2v) is 7.93. The van der Waals surface area contributed by atoms with Gasteiger partial charge in [0.25, 0.3) is 0 Å². The van der Waals surface area contributed by atoms with E-state index in [0.717, 1.165) is 39.7 Å². The molecule has 1 fully saturated rings. The molecule has 0 atom stereocenters.